The van der Waals surface area contributed by atoms with E-state index >= 15 is 0 Å². The largest absolute Gasteiger partial charge is 0.310 e. The van der Waals surface area contributed by atoms with Crippen molar-refractivity contribution in [1.82, 2.24) is 10.3 Å². The minimum Gasteiger partial charge on any atom is -0.310 e. The van der Waals surface area contributed by atoms with Crippen molar-refractivity contribution in [2.75, 3.05) is 0 Å². The zero-order chi connectivity index (χ0) is 10.5. The van der Waals surface area contributed by atoms with Gasteiger partial charge in [-0.15, -0.1) is 0 Å². The van der Waals surface area contributed by atoms with E-state index in [0.717, 1.165) is 18.5 Å². The van der Waals surface area contributed by atoms with Crippen molar-refractivity contribution in [3.8, 4) is 0 Å². The molecule has 0 spiro atoms. The predicted molar refractivity (Wildman–Crippen MR) is 62.5 cm³/mol. The zero-order valence-corrected chi connectivity index (χ0v) is 9.45. The Morgan fingerprint density at radius 2 is 2.40 bits per heavy atom. The van der Waals surface area contributed by atoms with Crippen LogP contribution in [0, 0.1) is 5.92 Å². The number of pyridine rings is 1. The van der Waals surface area contributed by atoms with E-state index in [2.05, 4.69) is 23.3 Å². The Hall–Kier alpha value is -0.890. The zero-order valence-electron chi connectivity index (χ0n) is 9.45. The van der Waals surface area contributed by atoms with Gasteiger partial charge in [-0.05, 0) is 36.8 Å². The monoisotopic (exact) mass is 204 g/mol. The Labute approximate surface area is 92.1 Å². The SMILES string of the molecule is CCC1CCC(NCc2cccnc2)C1. The minimum absolute atomic E-state index is 0.732. The van der Waals surface area contributed by atoms with Gasteiger partial charge in [0.2, 0.25) is 0 Å². The molecule has 82 valence electrons. The van der Waals surface area contributed by atoms with Crippen LogP contribution in [0.4, 0.5) is 0 Å². The summed E-state index contributed by atoms with van der Waals surface area (Å²) >= 11 is 0. The van der Waals surface area contributed by atoms with E-state index in [4.69, 9.17) is 0 Å². The summed E-state index contributed by atoms with van der Waals surface area (Å²) in [6.45, 7) is 3.27. The topological polar surface area (TPSA) is 24.9 Å². The summed E-state index contributed by atoms with van der Waals surface area (Å²) in [5.74, 6) is 0.955. The van der Waals surface area contributed by atoms with Crippen LogP contribution >= 0.6 is 0 Å². The molecule has 1 aromatic heterocycles. The smallest absolute Gasteiger partial charge is 0.0312 e. The number of aromatic nitrogens is 1. The highest BCUT2D eigenvalue weighted by Gasteiger charge is 2.22. The van der Waals surface area contributed by atoms with Crippen molar-refractivity contribution in [1.29, 1.82) is 0 Å². The lowest BCUT2D eigenvalue weighted by atomic mass is 10.1. The highest BCUT2D eigenvalue weighted by atomic mass is 14.9. The minimum atomic E-state index is 0.732. The lowest BCUT2D eigenvalue weighted by Crippen LogP contribution is -2.25. The lowest BCUT2D eigenvalue weighted by Gasteiger charge is -2.12. The maximum atomic E-state index is 4.12. The first-order valence-electron chi connectivity index (χ1n) is 6.00. The number of nitrogens with zero attached hydrogens (tertiary/aromatic N) is 1. The lowest BCUT2D eigenvalue weighted by molar-refractivity contribution is 0.476. The number of hydrogen-bond acceptors (Lipinski definition) is 2. The summed E-state index contributed by atoms with van der Waals surface area (Å²) in [7, 11) is 0. The average molecular weight is 204 g/mol. The van der Waals surface area contributed by atoms with Crippen molar-refractivity contribution in [3.05, 3.63) is 30.1 Å². The molecular weight excluding hydrogens is 184 g/mol. The molecule has 15 heavy (non-hydrogen) atoms. The summed E-state index contributed by atoms with van der Waals surface area (Å²) in [6, 6.07) is 4.86. The first kappa shape index (κ1) is 10.6. The van der Waals surface area contributed by atoms with E-state index < -0.39 is 0 Å². The molecule has 1 fully saturated rings. The van der Waals surface area contributed by atoms with Crippen LogP contribution in [0.1, 0.15) is 38.2 Å². The summed E-state index contributed by atoms with van der Waals surface area (Å²) in [5.41, 5.74) is 1.29. The van der Waals surface area contributed by atoms with Gasteiger partial charge in [-0.1, -0.05) is 19.4 Å². The fourth-order valence-corrected chi connectivity index (χ4v) is 2.40. The van der Waals surface area contributed by atoms with Crippen molar-refractivity contribution < 1.29 is 0 Å². The van der Waals surface area contributed by atoms with E-state index in [0.29, 0.717) is 0 Å². The molecule has 2 unspecified atom stereocenters. The van der Waals surface area contributed by atoms with Crippen LogP contribution in [-0.4, -0.2) is 11.0 Å². The normalized spacial score (nSPS) is 25.7. The molecule has 0 aliphatic heterocycles. The summed E-state index contributed by atoms with van der Waals surface area (Å²) in [4.78, 5) is 4.12. The Kier molecular flexibility index (Phi) is 3.73. The molecule has 1 aromatic rings. The maximum absolute atomic E-state index is 4.12. The quantitative estimate of drug-likeness (QED) is 0.815. The molecule has 1 saturated carbocycles. The van der Waals surface area contributed by atoms with Gasteiger partial charge >= 0.3 is 0 Å². The van der Waals surface area contributed by atoms with Crippen molar-refractivity contribution in [2.45, 2.75) is 45.2 Å². The van der Waals surface area contributed by atoms with Gasteiger partial charge < -0.3 is 5.32 Å². The van der Waals surface area contributed by atoms with Gasteiger partial charge in [0, 0.05) is 25.0 Å². The standard InChI is InChI=1S/C13H20N2/c1-2-11-5-6-13(8-11)15-10-12-4-3-7-14-9-12/h3-4,7,9,11,13,15H,2,5-6,8,10H2,1H3. The van der Waals surface area contributed by atoms with E-state index in [1.807, 2.05) is 18.5 Å². The van der Waals surface area contributed by atoms with Gasteiger partial charge in [-0.3, -0.25) is 4.98 Å². The second kappa shape index (κ2) is 5.26. The van der Waals surface area contributed by atoms with Crippen molar-refractivity contribution in [2.24, 2.45) is 5.92 Å². The first-order chi connectivity index (χ1) is 7.38. The Morgan fingerprint density at radius 1 is 1.47 bits per heavy atom. The molecule has 0 aromatic carbocycles. The molecule has 2 nitrogen and oxygen atoms in total. The number of hydrogen-bond donors (Lipinski definition) is 1. The molecule has 1 aliphatic carbocycles. The summed E-state index contributed by atoms with van der Waals surface area (Å²) in [5, 5.41) is 3.62. The van der Waals surface area contributed by atoms with Crippen LogP contribution in [0.15, 0.2) is 24.5 Å². The fraction of sp³-hybridized carbons (Fsp3) is 0.615. The predicted octanol–water partition coefficient (Wildman–Crippen LogP) is 2.75. The molecule has 1 N–H and O–H groups in total. The average Bonchev–Trinajstić information content (AvgIpc) is 2.76. The number of rotatable bonds is 4. The molecule has 2 rings (SSSR count). The molecule has 0 saturated heterocycles. The third-order valence-corrected chi connectivity index (χ3v) is 3.44. The van der Waals surface area contributed by atoms with Crippen molar-refractivity contribution >= 4 is 0 Å². The first-order valence-corrected chi connectivity index (χ1v) is 6.00. The van der Waals surface area contributed by atoms with E-state index in [-0.39, 0.29) is 0 Å². The van der Waals surface area contributed by atoms with Crippen LogP contribution in [-0.2, 0) is 6.54 Å². The second-order valence-electron chi connectivity index (χ2n) is 4.53. The third-order valence-electron chi connectivity index (χ3n) is 3.44. The van der Waals surface area contributed by atoms with E-state index in [9.17, 15) is 0 Å². The maximum Gasteiger partial charge on any atom is 0.0312 e. The molecule has 1 heterocycles. The van der Waals surface area contributed by atoms with Gasteiger partial charge in [0.05, 0.1) is 0 Å². The van der Waals surface area contributed by atoms with Crippen LogP contribution in [0.2, 0.25) is 0 Å². The van der Waals surface area contributed by atoms with E-state index in [1.54, 1.807) is 0 Å². The van der Waals surface area contributed by atoms with Gasteiger partial charge in [-0.2, -0.15) is 0 Å². The highest BCUT2D eigenvalue weighted by molar-refractivity contribution is 5.08. The van der Waals surface area contributed by atoms with Crippen LogP contribution in [0.5, 0.6) is 0 Å². The summed E-state index contributed by atoms with van der Waals surface area (Å²) < 4.78 is 0. The van der Waals surface area contributed by atoms with E-state index in [1.165, 1.54) is 31.2 Å². The summed E-state index contributed by atoms with van der Waals surface area (Å²) in [6.07, 6.45) is 9.22. The van der Waals surface area contributed by atoms with Crippen LogP contribution in [0.3, 0.4) is 0 Å². The van der Waals surface area contributed by atoms with Gasteiger partial charge in [0.1, 0.15) is 0 Å². The molecule has 0 amide bonds. The molecule has 1 aliphatic rings. The Morgan fingerprint density at radius 3 is 3.07 bits per heavy atom. The van der Waals surface area contributed by atoms with Crippen molar-refractivity contribution in [3.63, 3.8) is 0 Å². The Balaban J connectivity index is 1.75. The molecular formula is C13H20N2. The Bertz CT molecular complexity index is 284. The molecule has 0 radical (unpaired) electrons. The highest BCUT2D eigenvalue weighted by Crippen LogP contribution is 2.27. The van der Waals surface area contributed by atoms with Crippen LogP contribution < -0.4 is 5.32 Å². The van der Waals surface area contributed by atoms with Gasteiger partial charge in [0.15, 0.2) is 0 Å². The molecule has 2 heteroatoms. The number of nitrogens with one attached hydrogen (secondary N) is 1. The fourth-order valence-electron chi connectivity index (χ4n) is 2.40. The molecule has 0 bridgehead atoms. The van der Waals surface area contributed by atoms with Gasteiger partial charge in [0.25, 0.3) is 0 Å². The second-order valence-corrected chi connectivity index (χ2v) is 4.53. The van der Waals surface area contributed by atoms with Gasteiger partial charge in [-0.25, -0.2) is 0 Å². The third kappa shape index (κ3) is 3.03. The molecule has 2 atom stereocenters. The van der Waals surface area contributed by atoms with Crippen LogP contribution in [0.25, 0.3) is 0 Å².